The SMILES string of the molecule is CCc1c(C(C)(C)O)cc(C(C)(C)O)cc1C(C)(C)O.CCc1c(C(C)(C)O)cc(C(C)(C)O)cc1C(C)(C)O.CCc1c(C(C)(C)O)cc(C(C)(C)O)cc1C(C)(C)O.CCc1c(C(C)(C)O)cc(C(C)(C)O)cc1C(C)(C)O.CCc1c(C(C)(C)O)cc(C(C)(C)O)cc1C(C)(C)O.CCc1c(C(C)(C)O)cc(C(C)(C)O)cc1C(C)(C)O. The van der Waals surface area contributed by atoms with Gasteiger partial charge in [0.25, 0.3) is 0 Å². The summed E-state index contributed by atoms with van der Waals surface area (Å²) < 4.78 is 0. The first-order valence-corrected chi connectivity index (χ1v) is 42.8. The van der Waals surface area contributed by atoms with Gasteiger partial charge in [-0.05, 0) is 494 Å². The summed E-state index contributed by atoms with van der Waals surface area (Å²) in [6.07, 6.45) is 4.28. The molecule has 6 aromatic rings. The van der Waals surface area contributed by atoms with Gasteiger partial charge in [-0.3, -0.25) is 0 Å². The van der Waals surface area contributed by atoms with Crippen molar-refractivity contribution in [1.29, 1.82) is 0 Å². The number of benzene rings is 6. The van der Waals surface area contributed by atoms with Gasteiger partial charge in [0.15, 0.2) is 0 Å². The largest absolute Gasteiger partial charge is 0.386 e. The molecule has 18 N–H and O–H groups in total. The van der Waals surface area contributed by atoms with Crippen molar-refractivity contribution < 1.29 is 91.9 Å². The van der Waals surface area contributed by atoms with Crippen molar-refractivity contribution in [3.63, 3.8) is 0 Å². The minimum absolute atomic E-state index is 0.698. The minimum atomic E-state index is -1.02. The van der Waals surface area contributed by atoms with E-state index >= 15 is 0 Å². The van der Waals surface area contributed by atoms with E-state index in [4.69, 9.17) is 0 Å². The standard InChI is InChI=1S/6C17H28O3/c6*1-8-12-13(16(4,5)19)9-11(15(2,3)18)10-14(12)17(6,7)20/h6*9-10,18-20H,8H2,1-7H3. The zero-order valence-corrected chi connectivity index (χ0v) is 82.2. The monoisotopic (exact) mass is 1680 g/mol. The van der Waals surface area contributed by atoms with Gasteiger partial charge in [0, 0.05) is 0 Å². The second kappa shape index (κ2) is 38.8. The van der Waals surface area contributed by atoms with Gasteiger partial charge in [-0.25, -0.2) is 0 Å². The Kier molecular flexibility index (Phi) is 36.4. The van der Waals surface area contributed by atoms with E-state index in [0.717, 1.165) is 100 Å². The molecule has 0 radical (unpaired) electrons. The third-order valence-corrected chi connectivity index (χ3v) is 21.8. The molecule has 0 amide bonds. The molecule has 0 unspecified atom stereocenters. The van der Waals surface area contributed by atoms with Gasteiger partial charge >= 0.3 is 0 Å². The molecule has 0 atom stereocenters. The van der Waals surface area contributed by atoms with Crippen LogP contribution in [0.25, 0.3) is 0 Å². The van der Waals surface area contributed by atoms with Gasteiger partial charge in [0.2, 0.25) is 0 Å². The molecule has 0 aliphatic heterocycles. The van der Waals surface area contributed by atoms with Crippen molar-refractivity contribution >= 4 is 0 Å². The highest BCUT2D eigenvalue weighted by Gasteiger charge is 2.38. The average molecular weight is 1680 g/mol. The molecule has 0 aromatic heterocycles. The van der Waals surface area contributed by atoms with Crippen LogP contribution in [0.3, 0.4) is 0 Å². The molecular formula is C102H168O18. The predicted molar refractivity (Wildman–Crippen MR) is 489 cm³/mol. The number of rotatable bonds is 24. The van der Waals surface area contributed by atoms with Crippen LogP contribution in [0.5, 0.6) is 0 Å². The van der Waals surface area contributed by atoms with Crippen molar-refractivity contribution in [3.05, 3.63) is 206 Å². The van der Waals surface area contributed by atoms with Gasteiger partial charge in [-0.15, -0.1) is 0 Å². The minimum Gasteiger partial charge on any atom is -0.386 e. The second-order valence-electron chi connectivity index (χ2n) is 42.5. The molecule has 0 saturated heterocycles. The topological polar surface area (TPSA) is 364 Å². The lowest BCUT2D eigenvalue weighted by atomic mass is 9.80. The highest BCUT2D eigenvalue weighted by Crippen LogP contribution is 2.44. The molecule has 0 bridgehead atoms. The van der Waals surface area contributed by atoms with Crippen LogP contribution in [0, 0.1) is 0 Å². The number of aliphatic hydroxyl groups is 18. The van der Waals surface area contributed by atoms with E-state index in [9.17, 15) is 91.9 Å². The van der Waals surface area contributed by atoms with Crippen LogP contribution < -0.4 is 0 Å². The summed E-state index contributed by atoms with van der Waals surface area (Å²) in [5.41, 5.74) is 0.591. The van der Waals surface area contributed by atoms with Crippen LogP contribution in [-0.2, 0) is 139 Å². The number of hydrogen-bond donors (Lipinski definition) is 18. The molecular weight excluding hydrogens is 1510 g/mol. The fourth-order valence-corrected chi connectivity index (χ4v) is 15.0. The maximum absolute atomic E-state index is 10.4. The van der Waals surface area contributed by atoms with Crippen molar-refractivity contribution in [2.75, 3.05) is 0 Å². The lowest BCUT2D eigenvalue weighted by Crippen LogP contribution is -2.27. The lowest BCUT2D eigenvalue weighted by molar-refractivity contribution is 0.0620. The van der Waals surface area contributed by atoms with E-state index in [0.29, 0.717) is 71.9 Å². The quantitative estimate of drug-likeness (QED) is 0.0268. The van der Waals surface area contributed by atoms with Crippen molar-refractivity contribution in [3.8, 4) is 0 Å². The Labute approximate surface area is 724 Å². The molecule has 6 aromatic carbocycles. The smallest absolute Gasteiger partial charge is 0.0843 e. The summed E-state index contributed by atoms with van der Waals surface area (Å²) in [4.78, 5) is 0. The van der Waals surface area contributed by atoms with Gasteiger partial charge in [0.05, 0.1) is 101 Å². The Morgan fingerprint density at radius 3 is 0.217 bits per heavy atom. The van der Waals surface area contributed by atoms with E-state index in [-0.39, 0.29) is 0 Å². The molecule has 0 spiro atoms. The fourth-order valence-electron chi connectivity index (χ4n) is 15.0. The third kappa shape index (κ3) is 31.6. The zero-order chi connectivity index (χ0) is 95.6. The van der Waals surface area contributed by atoms with Crippen molar-refractivity contribution in [2.45, 2.75) is 430 Å². The van der Waals surface area contributed by atoms with E-state index in [2.05, 4.69) is 0 Å². The van der Waals surface area contributed by atoms with Crippen molar-refractivity contribution in [1.82, 2.24) is 0 Å². The fraction of sp³-hybridized carbons (Fsp3) is 0.647. The molecule has 0 aliphatic carbocycles. The van der Waals surface area contributed by atoms with Crippen LogP contribution in [0.1, 0.15) is 424 Å². The van der Waals surface area contributed by atoms with Gasteiger partial charge in [-0.1, -0.05) is 41.5 Å². The van der Waals surface area contributed by atoms with Gasteiger partial charge < -0.3 is 91.9 Å². The van der Waals surface area contributed by atoms with Gasteiger partial charge in [-0.2, -0.15) is 0 Å². The molecule has 0 fully saturated rings. The zero-order valence-electron chi connectivity index (χ0n) is 82.2. The van der Waals surface area contributed by atoms with Crippen molar-refractivity contribution in [2.24, 2.45) is 0 Å². The van der Waals surface area contributed by atoms with E-state index in [1.165, 1.54) is 0 Å². The van der Waals surface area contributed by atoms with Crippen LogP contribution in [0.2, 0.25) is 0 Å². The molecule has 18 nitrogen and oxygen atoms in total. The summed E-state index contributed by atoms with van der Waals surface area (Å²) in [5, 5.41) is 187. The Hall–Kier alpha value is -5.40. The molecule has 120 heavy (non-hydrogen) atoms. The van der Waals surface area contributed by atoms with Crippen LogP contribution in [0.15, 0.2) is 72.8 Å². The summed E-state index contributed by atoms with van der Waals surface area (Å²) in [7, 11) is 0. The summed E-state index contributed by atoms with van der Waals surface area (Å²) >= 11 is 0. The Morgan fingerprint density at radius 2 is 0.183 bits per heavy atom. The normalized spacial score (nSPS) is 13.7. The lowest BCUT2D eigenvalue weighted by Gasteiger charge is -2.31. The second-order valence-corrected chi connectivity index (χ2v) is 42.5. The average Bonchev–Trinajstić information content (AvgIpc) is 0.798. The van der Waals surface area contributed by atoms with Crippen LogP contribution >= 0.6 is 0 Å². The Bertz CT molecular complexity index is 3410. The highest BCUT2D eigenvalue weighted by molar-refractivity contribution is 5.52. The van der Waals surface area contributed by atoms with E-state index in [1.807, 2.05) is 114 Å². The molecule has 18 heteroatoms. The molecule has 0 heterocycles. The molecule has 0 aliphatic rings. The van der Waals surface area contributed by atoms with E-state index < -0.39 is 101 Å². The van der Waals surface area contributed by atoms with Crippen LogP contribution in [-0.4, -0.2) is 91.9 Å². The molecule has 6 rings (SSSR count). The van der Waals surface area contributed by atoms with Gasteiger partial charge in [0.1, 0.15) is 0 Å². The number of hydrogen-bond acceptors (Lipinski definition) is 18. The Morgan fingerprint density at radius 1 is 0.125 bits per heavy atom. The molecule has 0 saturated carbocycles. The maximum Gasteiger partial charge on any atom is 0.0843 e. The van der Waals surface area contributed by atoms with E-state index in [1.54, 1.807) is 249 Å². The summed E-state index contributed by atoms with van der Waals surface area (Å²) in [6, 6.07) is 22.1. The first-order valence-electron chi connectivity index (χ1n) is 42.8. The molecule has 684 valence electrons. The Balaban J connectivity index is 0.000000720. The third-order valence-electron chi connectivity index (χ3n) is 21.8. The maximum atomic E-state index is 10.4. The van der Waals surface area contributed by atoms with Crippen LogP contribution in [0.4, 0.5) is 0 Å². The summed E-state index contributed by atoms with van der Waals surface area (Å²) in [6.45, 7) is 73.9. The predicted octanol–water partition coefficient (Wildman–Crippen LogP) is 17.6. The first-order chi connectivity index (χ1) is 52.7. The summed E-state index contributed by atoms with van der Waals surface area (Å²) in [5.74, 6) is 0. The highest BCUT2D eigenvalue weighted by atomic mass is 16.3. The first kappa shape index (κ1) is 113.